The summed E-state index contributed by atoms with van der Waals surface area (Å²) in [5, 5.41) is 0. The van der Waals surface area contributed by atoms with Crippen LogP contribution in [0.5, 0.6) is 0 Å². The molecule has 1 aliphatic heterocycles. The fourth-order valence-corrected chi connectivity index (χ4v) is 2.54. The van der Waals surface area contributed by atoms with Crippen LogP contribution in [0, 0.1) is 12.7 Å². The normalized spacial score (nSPS) is 19.3. The topological polar surface area (TPSA) is 71.1 Å². The summed E-state index contributed by atoms with van der Waals surface area (Å²) in [4.78, 5) is 24.6. The summed E-state index contributed by atoms with van der Waals surface area (Å²) in [6.45, 7) is 3.89. The maximum Gasteiger partial charge on any atom is 0.251 e. The number of nitrogens with one attached hydrogen (secondary N) is 1. The minimum Gasteiger partial charge on any atom is -0.369 e. The molecule has 2 aromatic heterocycles. The Kier molecular flexibility index (Phi) is 4.26. The van der Waals surface area contributed by atoms with Gasteiger partial charge in [0.1, 0.15) is 17.7 Å². The highest BCUT2D eigenvalue weighted by molar-refractivity contribution is 5.09. The quantitative estimate of drug-likeness (QED) is 0.922. The lowest BCUT2D eigenvalue weighted by Crippen LogP contribution is -2.38. The van der Waals surface area contributed by atoms with Crippen molar-refractivity contribution < 1.29 is 9.13 Å². The molecule has 0 amide bonds. The van der Waals surface area contributed by atoms with Gasteiger partial charge in [-0.15, -0.1) is 0 Å². The highest BCUT2D eigenvalue weighted by Gasteiger charge is 2.24. The van der Waals surface area contributed by atoms with E-state index >= 15 is 0 Å². The first kappa shape index (κ1) is 14.8. The summed E-state index contributed by atoms with van der Waals surface area (Å²) in [6.07, 6.45) is 1.29. The molecule has 1 aliphatic rings. The molecule has 0 aromatic carbocycles. The van der Waals surface area contributed by atoms with Crippen molar-refractivity contribution >= 4 is 0 Å². The largest absolute Gasteiger partial charge is 0.369 e. The maximum atomic E-state index is 13.7. The van der Waals surface area contributed by atoms with Crippen LogP contribution in [-0.4, -0.2) is 39.5 Å². The number of nitrogens with zero attached hydrogens (tertiary/aromatic N) is 3. The number of aryl methyl sites for hydroxylation is 1. The van der Waals surface area contributed by atoms with Crippen LogP contribution in [-0.2, 0) is 11.3 Å². The molecule has 1 fully saturated rings. The summed E-state index contributed by atoms with van der Waals surface area (Å²) >= 11 is 0. The van der Waals surface area contributed by atoms with Gasteiger partial charge in [0.25, 0.3) is 5.56 Å². The second-order valence-corrected chi connectivity index (χ2v) is 5.28. The Hall–Kier alpha value is -2.12. The van der Waals surface area contributed by atoms with Gasteiger partial charge in [0.15, 0.2) is 0 Å². The molecule has 0 bridgehead atoms. The molecule has 7 heteroatoms. The highest BCUT2D eigenvalue weighted by atomic mass is 19.1. The van der Waals surface area contributed by atoms with Crippen molar-refractivity contribution in [3.05, 3.63) is 57.8 Å². The lowest BCUT2D eigenvalue weighted by molar-refractivity contribution is -0.0358. The Morgan fingerprint density at radius 3 is 3.18 bits per heavy atom. The monoisotopic (exact) mass is 304 g/mol. The van der Waals surface area contributed by atoms with Crippen LogP contribution >= 0.6 is 0 Å². The van der Waals surface area contributed by atoms with Crippen LogP contribution in [0.15, 0.2) is 29.2 Å². The fraction of sp³-hybridized carbons (Fsp3) is 0.400. The van der Waals surface area contributed by atoms with E-state index in [4.69, 9.17) is 4.74 Å². The van der Waals surface area contributed by atoms with Crippen LogP contribution < -0.4 is 5.56 Å². The highest BCUT2D eigenvalue weighted by Crippen LogP contribution is 2.21. The zero-order valence-corrected chi connectivity index (χ0v) is 12.3. The van der Waals surface area contributed by atoms with Gasteiger partial charge in [-0.1, -0.05) is 0 Å². The SMILES string of the molecule is Cc1nc(C2CN(Cc3ncccc3F)CCO2)cc(=O)[nH]1. The van der Waals surface area contributed by atoms with Crippen LogP contribution in [0.4, 0.5) is 4.39 Å². The van der Waals surface area contributed by atoms with Gasteiger partial charge in [-0.25, -0.2) is 9.37 Å². The molecule has 0 aliphatic carbocycles. The number of aromatic nitrogens is 3. The molecule has 0 radical (unpaired) electrons. The Balaban J connectivity index is 1.74. The van der Waals surface area contributed by atoms with E-state index in [1.807, 2.05) is 0 Å². The number of aromatic amines is 1. The molecule has 1 saturated heterocycles. The number of hydrogen-bond acceptors (Lipinski definition) is 5. The molecule has 3 heterocycles. The van der Waals surface area contributed by atoms with Crippen molar-refractivity contribution in [2.24, 2.45) is 0 Å². The van der Waals surface area contributed by atoms with Crippen molar-refractivity contribution in [2.75, 3.05) is 19.7 Å². The minimum absolute atomic E-state index is 0.195. The van der Waals surface area contributed by atoms with E-state index in [1.54, 1.807) is 19.2 Å². The number of pyridine rings is 1. The first-order valence-electron chi connectivity index (χ1n) is 7.13. The standard InChI is InChI=1S/C15H17FN4O2/c1-10-18-12(7-15(21)19-10)14-9-20(5-6-22-14)8-13-11(16)3-2-4-17-13/h2-4,7,14H,5-6,8-9H2,1H3,(H,18,19,21). The zero-order valence-electron chi connectivity index (χ0n) is 12.3. The summed E-state index contributed by atoms with van der Waals surface area (Å²) in [6, 6.07) is 4.42. The summed E-state index contributed by atoms with van der Waals surface area (Å²) in [5.74, 6) is 0.245. The van der Waals surface area contributed by atoms with Crippen LogP contribution in [0.25, 0.3) is 0 Å². The van der Waals surface area contributed by atoms with Crippen molar-refractivity contribution in [3.8, 4) is 0 Å². The van der Waals surface area contributed by atoms with E-state index in [-0.39, 0.29) is 17.5 Å². The van der Waals surface area contributed by atoms with Gasteiger partial charge in [-0.05, 0) is 19.1 Å². The fourth-order valence-electron chi connectivity index (χ4n) is 2.54. The van der Waals surface area contributed by atoms with Gasteiger partial charge in [-0.2, -0.15) is 0 Å². The average molecular weight is 304 g/mol. The van der Waals surface area contributed by atoms with Gasteiger partial charge in [0, 0.05) is 31.9 Å². The summed E-state index contributed by atoms with van der Waals surface area (Å²) in [5.41, 5.74) is 0.824. The molecule has 1 unspecified atom stereocenters. The van der Waals surface area contributed by atoms with Crippen molar-refractivity contribution in [1.82, 2.24) is 19.9 Å². The first-order valence-corrected chi connectivity index (χ1v) is 7.13. The van der Waals surface area contributed by atoms with E-state index < -0.39 is 0 Å². The second kappa shape index (κ2) is 6.33. The number of morpholine rings is 1. The van der Waals surface area contributed by atoms with E-state index in [0.717, 1.165) is 0 Å². The van der Waals surface area contributed by atoms with Gasteiger partial charge < -0.3 is 9.72 Å². The molecular weight excluding hydrogens is 287 g/mol. The average Bonchev–Trinajstić information content (AvgIpc) is 2.49. The third-order valence-electron chi connectivity index (χ3n) is 3.57. The molecular formula is C15H17FN4O2. The molecule has 22 heavy (non-hydrogen) atoms. The third-order valence-corrected chi connectivity index (χ3v) is 3.57. The Morgan fingerprint density at radius 1 is 1.55 bits per heavy atom. The van der Waals surface area contributed by atoms with Crippen LogP contribution in [0.3, 0.4) is 0 Å². The Morgan fingerprint density at radius 2 is 2.41 bits per heavy atom. The lowest BCUT2D eigenvalue weighted by atomic mass is 10.2. The lowest BCUT2D eigenvalue weighted by Gasteiger charge is -2.32. The van der Waals surface area contributed by atoms with E-state index in [1.165, 1.54) is 12.1 Å². The summed E-state index contributed by atoms with van der Waals surface area (Å²) < 4.78 is 19.4. The number of halogens is 1. The number of ether oxygens (including phenoxy) is 1. The molecule has 1 atom stereocenters. The number of H-pyrrole nitrogens is 1. The second-order valence-electron chi connectivity index (χ2n) is 5.28. The van der Waals surface area contributed by atoms with Gasteiger partial charge in [0.05, 0.1) is 18.0 Å². The van der Waals surface area contributed by atoms with Crippen molar-refractivity contribution in [2.45, 2.75) is 19.6 Å². The predicted molar refractivity (Wildman–Crippen MR) is 77.8 cm³/mol. The molecule has 0 saturated carbocycles. The number of hydrogen-bond donors (Lipinski definition) is 1. The summed E-state index contributed by atoms with van der Waals surface area (Å²) in [7, 11) is 0. The minimum atomic E-state index is -0.310. The predicted octanol–water partition coefficient (Wildman–Crippen LogP) is 1.19. The van der Waals surface area contributed by atoms with E-state index in [0.29, 0.717) is 43.5 Å². The van der Waals surface area contributed by atoms with Gasteiger partial charge >= 0.3 is 0 Å². The van der Waals surface area contributed by atoms with Crippen molar-refractivity contribution in [1.29, 1.82) is 0 Å². The van der Waals surface area contributed by atoms with Gasteiger partial charge in [0.2, 0.25) is 0 Å². The molecule has 3 rings (SSSR count). The van der Waals surface area contributed by atoms with Crippen molar-refractivity contribution in [3.63, 3.8) is 0 Å². The molecule has 1 N–H and O–H groups in total. The van der Waals surface area contributed by atoms with Crippen LogP contribution in [0.2, 0.25) is 0 Å². The molecule has 0 spiro atoms. The Labute approximate surface area is 127 Å². The van der Waals surface area contributed by atoms with Crippen LogP contribution in [0.1, 0.15) is 23.3 Å². The smallest absolute Gasteiger partial charge is 0.251 e. The molecule has 116 valence electrons. The third kappa shape index (κ3) is 3.37. The molecule has 6 nitrogen and oxygen atoms in total. The first-order chi connectivity index (χ1) is 10.6. The zero-order chi connectivity index (χ0) is 15.5. The number of rotatable bonds is 3. The molecule has 2 aromatic rings. The van der Waals surface area contributed by atoms with E-state index in [9.17, 15) is 9.18 Å². The Bertz CT molecular complexity index is 719. The maximum absolute atomic E-state index is 13.7. The van der Waals surface area contributed by atoms with E-state index in [2.05, 4.69) is 19.9 Å². The van der Waals surface area contributed by atoms with Gasteiger partial charge in [-0.3, -0.25) is 14.7 Å².